The van der Waals surface area contributed by atoms with Crippen molar-refractivity contribution in [3.05, 3.63) is 29.8 Å². The van der Waals surface area contributed by atoms with Crippen LogP contribution < -0.4 is 4.74 Å². The Morgan fingerprint density at radius 3 is 2.62 bits per heavy atom. The first kappa shape index (κ1) is 15.5. The average Bonchev–Trinajstić information content (AvgIpc) is 2.80. The van der Waals surface area contributed by atoms with E-state index in [4.69, 9.17) is 9.47 Å². The van der Waals surface area contributed by atoms with Crippen molar-refractivity contribution < 1.29 is 23.0 Å². The molecule has 1 atom stereocenters. The first-order valence-corrected chi connectivity index (χ1v) is 6.84. The van der Waals surface area contributed by atoms with Crippen LogP contribution in [0.15, 0.2) is 18.2 Å². The minimum atomic E-state index is -0.950. The zero-order chi connectivity index (χ0) is 15.6. The summed E-state index contributed by atoms with van der Waals surface area (Å²) in [4.78, 5) is 13.4. The van der Waals surface area contributed by atoms with E-state index in [2.05, 4.69) is 0 Å². The maximum absolute atomic E-state index is 13.1. The summed E-state index contributed by atoms with van der Waals surface area (Å²) >= 11 is 0. The predicted molar refractivity (Wildman–Crippen MR) is 73.2 cm³/mol. The number of carbonyl (C=O) groups excluding carboxylic acids is 1. The summed E-state index contributed by atoms with van der Waals surface area (Å²) in [5.74, 6) is -1.61. The summed E-state index contributed by atoms with van der Waals surface area (Å²) in [6.07, 6.45) is -0.0145. The summed E-state index contributed by atoms with van der Waals surface area (Å²) in [5, 5.41) is 0. The number of hydrogen-bond acceptors (Lipinski definition) is 3. The summed E-state index contributed by atoms with van der Waals surface area (Å²) in [7, 11) is 0. The Bertz CT molecular complexity index is 528. The van der Waals surface area contributed by atoms with E-state index in [1.54, 1.807) is 25.7 Å². The molecule has 1 aromatic rings. The Morgan fingerprint density at radius 2 is 2.00 bits per heavy atom. The van der Waals surface area contributed by atoms with Gasteiger partial charge in [0.2, 0.25) is 0 Å². The number of benzene rings is 1. The van der Waals surface area contributed by atoms with Gasteiger partial charge in [-0.3, -0.25) is 0 Å². The number of likely N-dealkylation sites (tertiary alicyclic amines) is 1. The van der Waals surface area contributed by atoms with Crippen LogP contribution in [0.5, 0.6) is 5.75 Å². The molecule has 1 aromatic carbocycles. The lowest BCUT2D eigenvalue weighted by molar-refractivity contribution is 0.0275. The molecule has 1 amide bonds. The molecule has 0 bridgehead atoms. The highest BCUT2D eigenvalue weighted by molar-refractivity contribution is 5.68. The quantitative estimate of drug-likeness (QED) is 0.840. The molecule has 0 spiro atoms. The molecule has 4 nitrogen and oxygen atoms in total. The summed E-state index contributed by atoms with van der Waals surface area (Å²) < 4.78 is 36.8. The van der Waals surface area contributed by atoms with Gasteiger partial charge in [-0.15, -0.1) is 0 Å². The molecular formula is C15H19F2NO3. The van der Waals surface area contributed by atoms with Gasteiger partial charge in [-0.1, -0.05) is 0 Å². The summed E-state index contributed by atoms with van der Waals surface area (Å²) in [5.41, 5.74) is -0.546. The second-order valence-electron chi connectivity index (χ2n) is 6.03. The molecule has 0 saturated carbocycles. The molecule has 1 aliphatic heterocycles. The number of hydrogen-bond donors (Lipinski definition) is 0. The van der Waals surface area contributed by atoms with Crippen molar-refractivity contribution in [2.45, 2.75) is 38.9 Å². The van der Waals surface area contributed by atoms with Gasteiger partial charge in [0, 0.05) is 19.0 Å². The van der Waals surface area contributed by atoms with Crippen LogP contribution in [0.3, 0.4) is 0 Å². The molecule has 1 aliphatic rings. The fourth-order valence-electron chi connectivity index (χ4n) is 2.06. The monoisotopic (exact) mass is 299 g/mol. The second-order valence-corrected chi connectivity index (χ2v) is 6.03. The van der Waals surface area contributed by atoms with Crippen LogP contribution in [0.4, 0.5) is 13.6 Å². The Morgan fingerprint density at radius 1 is 1.29 bits per heavy atom. The highest BCUT2D eigenvalue weighted by Crippen LogP contribution is 2.22. The van der Waals surface area contributed by atoms with E-state index in [0.29, 0.717) is 19.5 Å². The van der Waals surface area contributed by atoms with Crippen LogP contribution in [0, 0.1) is 11.6 Å². The van der Waals surface area contributed by atoms with Crippen molar-refractivity contribution in [2.24, 2.45) is 0 Å². The zero-order valence-electron chi connectivity index (χ0n) is 12.4. The van der Waals surface area contributed by atoms with Gasteiger partial charge < -0.3 is 14.4 Å². The van der Waals surface area contributed by atoms with E-state index in [0.717, 1.165) is 12.1 Å². The molecule has 1 heterocycles. The molecular weight excluding hydrogens is 280 g/mol. The van der Waals surface area contributed by atoms with Crippen molar-refractivity contribution >= 4 is 6.09 Å². The molecule has 6 heteroatoms. The van der Waals surface area contributed by atoms with E-state index < -0.39 is 17.2 Å². The van der Waals surface area contributed by atoms with Gasteiger partial charge >= 0.3 is 6.09 Å². The Kier molecular flexibility index (Phi) is 4.34. The minimum absolute atomic E-state index is 0.248. The van der Waals surface area contributed by atoms with Crippen molar-refractivity contribution in [3.8, 4) is 5.75 Å². The fourth-order valence-corrected chi connectivity index (χ4v) is 2.06. The minimum Gasteiger partial charge on any atom is -0.488 e. The normalized spacial score (nSPS) is 18.7. The first-order valence-electron chi connectivity index (χ1n) is 6.84. The Labute approximate surface area is 122 Å². The van der Waals surface area contributed by atoms with E-state index in [9.17, 15) is 13.6 Å². The highest BCUT2D eigenvalue weighted by Gasteiger charge is 2.30. The number of halogens is 2. The first-order chi connectivity index (χ1) is 9.74. The maximum Gasteiger partial charge on any atom is 0.410 e. The summed E-state index contributed by atoms with van der Waals surface area (Å²) in [6, 6.07) is 3.39. The smallest absolute Gasteiger partial charge is 0.410 e. The lowest BCUT2D eigenvalue weighted by Gasteiger charge is -2.24. The number of rotatable bonds is 2. The molecule has 0 N–H and O–H groups in total. The predicted octanol–water partition coefficient (Wildman–Crippen LogP) is 3.35. The van der Waals surface area contributed by atoms with Gasteiger partial charge in [-0.05, 0) is 32.9 Å². The van der Waals surface area contributed by atoms with Gasteiger partial charge in [0.1, 0.15) is 17.5 Å². The van der Waals surface area contributed by atoms with Crippen molar-refractivity contribution in [1.29, 1.82) is 0 Å². The molecule has 1 saturated heterocycles. The van der Waals surface area contributed by atoms with Crippen LogP contribution in [0.25, 0.3) is 0 Å². The SMILES string of the molecule is CC(C)(C)OC(=O)N1CC[C@H](Oc2ccc(F)c(F)c2)C1. The van der Waals surface area contributed by atoms with Crippen LogP contribution in [0.1, 0.15) is 27.2 Å². The van der Waals surface area contributed by atoms with E-state index in [1.807, 2.05) is 0 Å². The lowest BCUT2D eigenvalue weighted by atomic mass is 10.2. The fraction of sp³-hybridized carbons (Fsp3) is 0.533. The average molecular weight is 299 g/mol. The van der Waals surface area contributed by atoms with Gasteiger partial charge in [-0.2, -0.15) is 0 Å². The van der Waals surface area contributed by atoms with E-state index in [-0.39, 0.29) is 17.9 Å². The molecule has 0 unspecified atom stereocenters. The zero-order valence-corrected chi connectivity index (χ0v) is 12.4. The van der Waals surface area contributed by atoms with Gasteiger partial charge in [0.15, 0.2) is 11.6 Å². The van der Waals surface area contributed by atoms with Crippen molar-refractivity contribution in [3.63, 3.8) is 0 Å². The molecule has 0 aromatic heterocycles. The van der Waals surface area contributed by atoms with Crippen LogP contribution in [0.2, 0.25) is 0 Å². The molecule has 116 valence electrons. The van der Waals surface area contributed by atoms with Crippen molar-refractivity contribution in [2.75, 3.05) is 13.1 Å². The third-order valence-electron chi connectivity index (χ3n) is 2.99. The van der Waals surface area contributed by atoms with Gasteiger partial charge in [-0.25, -0.2) is 13.6 Å². The van der Waals surface area contributed by atoms with Gasteiger partial charge in [0.25, 0.3) is 0 Å². The highest BCUT2D eigenvalue weighted by atomic mass is 19.2. The molecule has 21 heavy (non-hydrogen) atoms. The topological polar surface area (TPSA) is 38.8 Å². The van der Waals surface area contributed by atoms with Crippen LogP contribution >= 0.6 is 0 Å². The maximum atomic E-state index is 13.1. The van der Waals surface area contributed by atoms with E-state index >= 15 is 0 Å². The van der Waals surface area contributed by atoms with E-state index in [1.165, 1.54) is 6.07 Å². The van der Waals surface area contributed by atoms with Crippen LogP contribution in [-0.2, 0) is 4.74 Å². The Balaban J connectivity index is 1.90. The Hall–Kier alpha value is -1.85. The molecule has 1 fully saturated rings. The molecule has 2 rings (SSSR count). The van der Waals surface area contributed by atoms with Crippen LogP contribution in [-0.4, -0.2) is 35.8 Å². The lowest BCUT2D eigenvalue weighted by Crippen LogP contribution is -2.36. The largest absolute Gasteiger partial charge is 0.488 e. The second kappa shape index (κ2) is 5.87. The van der Waals surface area contributed by atoms with Gasteiger partial charge in [0.05, 0.1) is 6.54 Å². The molecule has 0 aliphatic carbocycles. The standard InChI is InChI=1S/C15H19F2NO3/c1-15(2,3)21-14(19)18-7-6-11(9-18)20-10-4-5-12(16)13(17)8-10/h4-5,8,11H,6-7,9H2,1-3H3/t11-/m0/s1. The number of nitrogens with zero attached hydrogens (tertiary/aromatic N) is 1. The number of carbonyl (C=O) groups is 1. The third kappa shape index (κ3) is 4.31. The summed E-state index contributed by atoms with van der Waals surface area (Å²) in [6.45, 7) is 6.29. The number of ether oxygens (including phenoxy) is 2. The molecule has 0 radical (unpaired) electrons. The third-order valence-corrected chi connectivity index (χ3v) is 2.99. The van der Waals surface area contributed by atoms with Crippen molar-refractivity contribution in [1.82, 2.24) is 4.90 Å². The number of amides is 1.